The zero-order chi connectivity index (χ0) is 14.8. The average Bonchev–Trinajstić information content (AvgIpc) is 2.35. The molecule has 2 atom stereocenters. The van der Waals surface area contributed by atoms with Gasteiger partial charge in [0, 0.05) is 0 Å². The van der Waals surface area contributed by atoms with E-state index in [4.69, 9.17) is 4.74 Å². The Bertz CT molecular complexity index is 318. The van der Waals surface area contributed by atoms with Gasteiger partial charge in [-0.3, -0.25) is 0 Å². The Morgan fingerprint density at radius 2 is 1.68 bits per heavy atom. The molecule has 0 aliphatic heterocycles. The van der Waals surface area contributed by atoms with Crippen LogP contribution >= 0.6 is 0 Å². The first-order valence-electron chi connectivity index (χ1n) is 5.80. The van der Waals surface area contributed by atoms with Gasteiger partial charge in [-0.25, -0.2) is 14.4 Å². The van der Waals surface area contributed by atoms with Gasteiger partial charge in [0.05, 0.1) is 20.3 Å². The van der Waals surface area contributed by atoms with Crippen LogP contribution < -0.4 is 5.32 Å². The highest BCUT2D eigenvalue weighted by Gasteiger charge is 2.31. The minimum atomic E-state index is -1.17. The molecule has 1 N–H and O–H groups in total. The number of methoxy groups -OCH3 is 1. The number of ether oxygens (including phenoxy) is 4. The van der Waals surface area contributed by atoms with Gasteiger partial charge in [-0.1, -0.05) is 0 Å². The maximum absolute atomic E-state index is 11.5. The third-order valence-electron chi connectivity index (χ3n) is 2.02. The second-order valence-corrected chi connectivity index (χ2v) is 3.37. The van der Waals surface area contributed by atoms with E-state index >= 15 is 0 Å². The molecule has 0 aliphatic rings. The van der Waals surface area contributed by atoms with Crippen LogP contribution in [0.25, 0.3) is 0 Å². The predicted octanol–water partition coefficient (Wildman–Crippen LogP) is 0.836. The van der Waals surface area contributed by atoms with E-state index in [1.165, 1.54) is 6.92 Å². The van der Waals surface area contributed by atoms with Crippen LogP contribution in [0.15, 0.2) is 0 Å². The second kappa shape index (κ2) is 9.01. The number of carbonyl (C=O) groups excluding carboxylic acids is 3. The largest absolute Gasteiger partial charge is 0.508 e. The van der Waals surface area contributed by atoms with Gasteiger partial charge in [0.15, 0.2) is 6.04 Å². The van der Waals surface area contributed by atoms with Crippen LogP contribution in [0.1, 0.15) is 20.8 Å². The molecule has 0 bridgehead atoms. The summed E-state index contributed by atoms with van der Waals surface area (Å²) in [4.78, 5) is 33.9. The second-order valence-electron chi connectivity index (χ2n) is 3.37. The quantitative estimate of drug-likeness (QED) is 0.567. The summed E-state index contributed by atoms with van der Waals surface area (Å²) in [5.74, 6) is -0.759. The molecule has 0 unspecified atom stereocenters. The lowest BCUT2D eigenvalue weighted by Gasteiger charge is -2.22. The molecule has 110 valence electrons. The molecule has 0 rings (SSSR count). The van der Waals surface area contributed by atoms with Crippen LogP contribution in [-0.4, -0.2) is 50.7 Å². The molecule has 0 saturated heterocycles. The standard InChI is InChI=1S/C11H19NO7/c1-5-17-10(14)12-8(9(13)16-4)7(3)19-11(15)18-6-2/h7-8H,5-6H2,1-4H3,(H,12,14)/t7-,8+/m1/s1. The van der Waals surface area contributed by atoms with Crippen molar-refractivity contribution in [3.63, 3.8) is 0 Å². The molecule has 0 aromatic carbocycles. The first-order chi connectivity index (χ1) is 8.96. The molecule has 19 heavy (non-hydrogen) atoms. The Morgan fingerprint density at radius 3 is 2.16 bits per heavy atom. The molecule has 0 aromatic rings. The van der Waals surface area contributed by atoms with E-state index < -0.39 is 30.4 Å². The summed E-state index contributed by atoms with van der Waals surface area (Å²) in [6, 6.07) is -1.17. The zero-order valence-corrected chi connectivity index (χ0v) is 11.4. The van der Waals surface area contributed by atoms with E-state index in [0.717, 1.165) is 7.11 Å². The van der Waals surface area contributed by atoms with E-state index in [9.17, 15) is 14.4 Å². The third kappa shape index (κ3) is 6.49. The minimum Gasteiger partial charge on any atom is -0.467 e. The molecule has 8 nitrogen and oxygen atoms in total. The first-order valence-corrected chi connectivity index (χ1v) is 5.80. The van der Waals surface area contributed by atoms with Crippen molar-refractivity contribution in [3.05, 3.63) is 0 Å². The highest BCUT2D eigenvalue weighted by atomic mass is 16.7. The maximum Gasteiger partial charge on any atom is 0.508 e. The zero-order valence-electron chi connectivity index (χ0n) is 11.4. The number of hydrogen-bond acceptors (Lipinski definition) is 7. The summed E-state index contributed by atoms with van der Waals surface area (Å²) in [5, 5.41) is 2.25. The molecular weight excluding hydrogens is 258 g/mol. The van der Waals surface area contributed by atoms with Crippen LogP contribution in [0.3, 0.4) is 0 Å². The number of alkyl carbamates (subject to hydrolysis) is 1. The normalized spacial score (nSPS) is 12.8. The summed E-state index contributed by atoms with van der Waals surface area (Å²) in [6.45, 7) is 4.93. The summed E-state index contributed by atoms with van der Waals surface area (Å²) in [6.07, 6.45) is -2.71. The lowest BCUT2D eigenvalue weighted by molar-refractivity contribution is -0.146. The molecule has 0 saturated carbocycles. The van der Waals surface area contributed by atoms with Crippen LogP contribution in [-0.2, 0) is 23.7 Å². The summed E-state index contributed by atoms with van der Waals surface area (Å²) < 4.78 is 18.5. The smallest absolute Gasteiger partial charge is 0.467 e. The Kier molecular flexibility index (Phi) is 8.07. The number of nitrogens with one attached hydrogen (secondary N) is 1. The van der Waals surface area contributed by atoms with Crippen molar-refractivity contribution in [2.75, 3.05) is 20.3 Å². The van der Waals surface area contributed by atoms with E-state index in [1.54, 1.807) is 13.8 Å². The number of esters is 1. The summed E-state index contributed by atoms with van der Waals surface area (Å²) in [5.41, 5.74) is 0. The fourth-order valence-electron chi connectivity index (χ4n) is 1.17. The van der Waals surface area contributed by atoms with E-state index in [-0.39, 0.29) is 13.2 Å². The van der Waals surface area contributed by atoms with E-state index in [1.807, 2.05) is 0 Å². The highest BCUT2D eigenvalue weighted by Crippen LogP contribution is 2.04. The van der Waals surface area contributed by atoms with E-state index in [0.29, 0.717) is 0 Å². The van der Waals surface area contributed by atoms with Crippen LogP contribution in [0.5, 0.6) is 0 Å². The monoisotopic (exact) mass is 277 g/mol. The van der Waals surface area contributed by atoms with Crippen molar-refractivity contribution in [1.29, 1.82) is 0 Å². The van der Waals surface area contributed by atoms with E-state index in [2.05, 4.69) is 19.5 Å². The predicted molar refractivity (Wildman–Crippen MR) is 63.5 cm³/mol. The summed E-state index contributed by atoms with van der Waals surface area (Å²) >= 11 is 0. The van der Waals surface area contributed by atoms with Crippen molar-refractivity contribution in [1.82, 2.24) is 5.32 Å². The topological polar surface area (TPSA) is 100 Å². The van der Waals surface area contributed by atoms with Gasteiger partial charge in [0.2, 0.25) is 0 Å². The minimum absolute atomic E-state index is 0.139. The lowest BCUT2D eigenvalue weighted by Crippen LogP contribution is -2.50. The number of hydrogen-bond donors (Lipinski definition) is 1. The molecule has 0 radical (unpaired) electrons. The Balaban J connectivity index is 4.60. The third-order valence-corrected chi connectivity index (χ3v) is 2.02. The van der Waals surface area contributed by atoms with Gasteiger partial charge < -0.3 is 24.3 Å². The van der Waals surface area contributed by atoms with Gasteiger partial charge in [0.1, 0.15) is 6.10 Å². The number of carbonyl (C=O) groups is 3. The van der Waals surface area contributed by atoms with Gasteiger partial charge in [-0.05, 0) is 20.8 Å². The van der Waals surface area contributed by atoms with Crippen molar-refractivity contribution < 1.29 is 33.3 Å². The first kappa shape index (κ1) is 17.0. The number of rotatable bonds is 6. The average molecular weight is 277 g/mol. The SMILES string of the molecule is CCOC(=O)N[C@H](C(=O)OC)[C@@H](C)OC(=O)OCC. The Morgan fingerprint density at radius 1 is 1.11 bits per heavy atom. The van der Waals surface area contributed by atoms with Gasteiger partial charge in [0.25, 0.3) is 0 Å². The van der Waals surface area contributed by atoms with Gasteiger partial charge in [-0.2, -0.15) is 0 Å². The molecule has 0 fully saturated rings. The van der Waals surface area contributed by atoms with Crippen molar-refractivity contribution >= 4 is 18.2 Å². The highest BCUT2D eigenvalue weighted by molar-refractivity contribution is 5.82. The van der Waals surface area contributed by atoms with Gasteiger partial charge >= 0.3 is 18.2 Å². The summed E-state index contributed by atoms with van der Waals surface area (Å²) in [7, 11) is 1.15. The molecule has 0 aliphatic carbocycles. The molecular formula is C11H19NO7. The maximum atomic E-state index is 11.5. The fraction of sp³-hybridized carbons (Fsp3) is 0.727. The molecule has 0 spiro atoms. The Labute approximate surface area is 111 Å². The van der Waals surface area contributed by atoms with Crippen LogP contribution in [0.4, 0.5) is 9.59 Å². The Hall–Kier alpha value is -1.99. The van der Waals surface area contributed by atoms with Crippen molar-refractivity contribution in [3.8, 4) is 0 Å². The molecule has 0 heterocycles. The number of amides is 1. The van der Waals surface area contributed by atoms with Crippen molar-refractivity contribution in [2.24, 2.45) is 0 Å². The molecule has 1 amide bonds. The van der Waals surface area contributed by atoms with Crippen LogP contribution in [0, 0.1) is 0 Å². The molecule has 0 aromatic heterocycles. The van der Waals surface area contributed by atoms with Crippen molar-refractivity contribution in [2.45, 2.75) is 32.9 Å². The lowest BCUT2D eigenvalue weighted by atomic mass is 10.2. The fourth-order valence-corrected chi connectivity index (χ4v) is 1.17. The molecule has 8 heteroatoms. The van der Waals surface area contributed by atoms with Gasteiger partial charge in [-0.15, -0.1) is 0 Å². The van der Waals surface area contributed by atoms with Crippen LogP contribution in [0.2, 0.25) is 0 Å².